The largest absolute Gasteiger partial charge is 0.331 e. The van der Waals surface area contributed by atoms with Gasteiger partial charge in [0.25, 0.3) is 0 Å². The lowest BCUT2D eigenvalue weighted by molar-refractivity contribution is 0.239. The third-order valence-electron chi connectivity index (χ3n) is 5.33. The molecule has 2 aromatic carbocycles. The van der Waals surface area contributed by atoms with Crippen molar-refractivity contribution < 1.29 is 9.18 Å². The van der Waals surface area contributed by atoms with Crippen molar-refractivity contribution in [2.75, 3.05) is 0 Å². The fourth-order valence-electron chi connectivity index (χ4n) is 3.66. The van der Waals surface area contributed by atoms with Crippen LogP contribution in [-0.2, 0) is 20.1 Å². The van der Waals surface area contributed by atoms with E-state index in [2.05, 4.69) is 35.9 Å². The summed E-state index contributed by atoms with van der Waals surface area (Å²) in [4.78, 5) is 21.0. The molecule has 0 bridgehead atoms. The van der Waals surface area contributed by atoms with Gasteiger partial charge in [0, 0.05) is 18.5 Å². The minimum Gasteiger partial charge on any atom is -0.331 e. The lowest BCUT2D eigenvalue weighted by Crippen LogP contribution is -2.36. The lowest BCUT2D eigenvalue weighted by atomic mass is 10.2. The number of fused-ring (bicyclic) bond motifs is 1. The topological polar surface area (TPSA) is 120 Å². The molecule has 3 aromatic heterocycles. The second-order valence-electron chi connectivity index (χ2n) is 7.72. The molecule has 13 heteroatoms. The number of aryl methyl sites for hydroxylation is 2. The first-order valence-corrected chi connectivity index (χ1v) is 11.0. The van der Waals surface area contributed by atoms with E-state index in [-0.39, 0.29) is 18.1 Å². The third kappa shape index (κ3) is 4.55. The zero-order valence-electron chi connectivity index (χ0n) is 18.8. The summed E-state index contributed by atoms with van der Waals surface area (Å²) in [5, 5.41) is 19.3. The molecule has 0 spiro atoms. The van der Waals surface area contributed by atoms with Crippen molar-refractivity contribution in [1.29, 1.82) is 0 Å². The first-order chi connectivity index (χ1) is 16.9. The molecule has 2 N–H and O–H groups in total. The second-order valence-corrected chi connectivity index (χ2v) is 8.13. The monoisotopic (exact) mass is 494 g/mol. The number of rotatable bonds is 6. The van der Waals surface area contributed by atoms with Crippen LogP contribution in [-0.4, -0.2) is 45.3 Å². The van der Waals surface area contributed by atoms with E-state index < -0.39 is 11.8 Å². The van der Waals surface area contributed by atoms with Gasteiger partial charge in [0.15, 0.2) is 11.6 Å². The Hall–Kier alpha value is -4.32. The van der Waals surface area contributed by atoms with Crippen LogP contribution in [0.4, 0.5) is 9.18 Å². The Morgan fingerprint density at radius 3 is 2.57 bits per heavy atom. The standard InChI is InChI=1S/C22H20ClFN10O/c1-13-30-21(34(31-13)16-3-5-17(23)18(24)8-16)11-26-22(35)25-10-20-27-12-29-33(20)15-4-6-19-14(7-15)9-28-32(19)2/h3-9,12H,10-11H2,1-2H3,(H2,25,26,35). The number of benzene rings is 2. The molecule has 0 unspecified atom stereocenters. The van der Waals surface area contributed by atoms with Gasteiger partial charge in [-0.2, -0.15) is 15.3 Å². The van der Waals surface area contributed by atoms with Crippen LogP contribution in [0, 0.1) is 12.7 Å². The van der Waals surface area contributed by atoms with Crippen molar-refractivity contribution in [2.24, 2.45) is 7.05 Å². The maximum atomic E-state index is 13.9. The number of nitrogens with zero attached hydrogens (tertiary/aromatic N) is 8. The van der Waals surface area contributed by atoms with Crippen LogP contribution < -0.4 is 10.6 Å². The van der Waals surface area contributed by atoms with Gasteiger partial charge in [0.1, 0.15) is 18.0 Å². The average molecular weight is 495 g/mol. The molecule has 3 heterocycles. The number of carbonyl (C=O) groups is 1. The Labute approximate surface area is 203 Å². The highest BCUT2D eigenvalue weighted by atomic mass is 35.5. The van der Waals surface area contributed by atoms with E-state index in [4.69, 9.17) is 11.6 Å². The Bertz CT molecular complexity index is 1540. The molecule has 35 heavy (non-hydrogen) atoms. The summed E-state index contributed by atoms with van der Waals surface area (Å²) in [6, 6.07) is 9.71. The van der Waals surface area contributed by atoms with E-state index in [0.29, 0.717) is 23.2 Å². The number of hydrogen-bond donors (Lipinski definition) is 2. The Morgan fingerprint density at radius 2 is 1.77 bits per heavy atom. The highest BCUT2D eigenvalue weighted by Gasteiger charge is 2.14. The van der Waals surface area contributed by atoms with Crippen LogP contribution in [0.3, 0.4) is 0 Å². The Kier molecular flexibility index (Phi) is 5.87. The summed E-state index contributed by atoms with van der Waals surface area (Å²) in [5.74, 6) is 0.906. The summed E-state index contributed by atoms with van der Waals surface area (Å²) in [6.45, 7) is 1.92. The molecule has 2 amide bonds. The minimum atomic E-state index is -0.569. The van der Waals surface area contributed by atoms with E-state index in [1.807, 2.05) is 25.2 Å². The molecule has 178 valence electrons. The van der Waals surface area contributed by atoms with E-state index >= 15 is 0 Å². The van der Waals surface area contributed by atoms with Gasteiger partial charge >= 0.3 is 6.03 Å². The molecule has 0 atom stereocenters. The number of amides is 2. The van der Waals surface area contributed by atoms with Crippen LogP contribution in [0.15, 0.2) is 48.9 Å². The molecule has 5 aromatic rings. The van der Waals surface area contributed by atoms with E-state index in [0.717, 1.165) is 16.6 Å². The van der Waals surface area contributed by atoms with Crippen LogP contribution >= 0.6 is 11.6 Å². The molecule has 0 aliphatic heterocycles. The zero-order valence-corrected chi connectivity index (χ0v) is 19.5. The van der Waals surface area contributed by atoms with E-state index in [1.165, 1.54) is 23.1 Å². The van der Waals surface area contributed by atoms with Crippen LogP contribution in [0.5, 0.6) is 0 Å². The average Bonchev–Trinajstić information content (AvgIpc) is 3.56. The number of aromatic nitrogens is 8. The first-order valence-electron chi connectivity index (χ1n) is 10.6. The van der Waals surface area contributed by atoms with Gasteiger partial charge in [-0.15, -0.1) is 0 Å². The zero-order chi connectivity index (χ0) is 24.5. The summed E-state index contributed by atoms with van der Waals surface area (Å²) in [6.07, 6.45) is 3.21. The molecule has 0 saturated heterocycles. The van der Waals surface area contributed by atoms with Gasteiger partial charge in [0.05, 0.1) is 41.2 Å². The van der Waals surface area contributed by atoms with Crippen LogP contribution in [0.1, 0.15) is 17.5 Å². The molecule has 0 radical (unpaired) electrons. The quantitative estimate of drug-likeness (QED) is 0.374. The van der Waals surface area contributed by atoms with Gasteiger partial charge in [-0.25, -0.2) is 28.5 Å². The van der Waals surface area contributed by atoms with Crippen LogP contribution in [0.2, 0.25) is 5.02 Å². The van der Waals surface area contributed by atoms with Gasteiger partial charge < -0.3 is 10.6 Å². The summed E-state index contributed by atoms with van der Waals surface area (Å²) >= 11 is 5.77. The highest BCUT2D eigenvalue weighted by molar-refractivity contribution is 6.30. The molecule has 11 nitrogen and oxygen atoms in total. The number of carbonyl (C=O) groups excluding carboxylic acids is 1. The Morgan fingerprint density at radius 1 is 1.03 bits per heavy atom. The highest BCUT2D eigenvalue weighted by Crippen LogP contribution is 2.19. The summed E-state index contributed by atoms with van der Waals surface area (Å²) < 4.78 is 18.8. The van der Waals surface area contributed by atoms with Crippen molar-refractivity contribution in [2.45, 2.75) is 20.0 Å². The number of urea groups is 1. The predicted octanol–water partition coefficient (Wildman–Crippen LogP) is 2.84. The first kappa shape index (κ1) is 22.5. The van der Waals surface area contributed by atoms with Gasteiger partial charge in [-0.3, -0.25) is 4.68 Å². The normalized spacial score (nSPS) is 11.2. The molecule has 0 aliphatic carbocycles. The van der Waals surface area contributed by atoms with Crippen molar-refractivity contribution in [1.82, 2.24) is 49.9 Å². The van der Waals surface area contributed by atoms with Crippen molar-refractivity contribution in [3.8, 4) is 11.4 Å². The van der Waals surface area contributed by atoms with Crippen molar-refractivity contribution in [3.05, 3.63) is 77.2 Å². The predicted molar refractivity (Wildman–Crippen MR) is 126 cm³/mol. The van der Waals surface area contributed by atoms with Crippen LogP contribution in [0.25, 0.3) is 22.3 Å². The Balaban J connectivity index is 1.24. The maximum Gasteiger partial charge on any atom is 0.315 e. The minimum absolute atomic E-state index is 0.0119. The SMILES string of the molecule is Cc1nc(CNC(=O)NCc2ncnn2-c2ccc3c(cnn3C)c2)n(-c2ccc(Cl)c(F)c2)n1. The lowest BCUT2D eigenvalue weighted by Gasteiger charge is -2.10. The fourth-order valence-corrected chi connectivity index (χ4v) is 3.78. The van der Waals surface area contributed by atoms with Gasteiger partial charge in [-0.05, 0) is 37.3 Å². The maximum absolute atomic E-state index is 13.9. The fraction of sp³-hybridized carbons (Fsp3) is 0.182. The number of halogens is 2. The molecule has 0 aliphatic rings. The molecule has 0 saturated carbocycles. The molecule has 0 fully saturated rings. The number of hydrogen-bond acceptors (Lipinski definition) is 6. The van der Waals surface area contributed by atoms with E-state index in [1.54, 1.807) is 28.6 Å². The van der Waals surface area contributed by atoms with E-state index in [9.17, 15) is 9.18 Å². The summed E-state index contributed by atoms with van der Waals surface area (Å²) in [5.41, 5.74) is 2.25. The van der Waals surface area contributed by atoms with Crippen molar-refractivity contribution >= 4 is 28.5 Å². The molecule has 5 rings (SSSR count). The van der Waals surface area contributed by atoms with Gasteiger partial charge in [-0.1, -0.05) is 11.6 Å². The second kappa shape index (κ2) is 9.14. The van der Waals surface area contributed by atoms with Gasteiger partial charge in [0.2, 0.25) is 0 Å². The number of nitrogens with one attached hydrogen (secondary N) is 2. The smallest absolute Gasteiger partial charge is 0.315 e. The summed E-state index contributed by atoms with van der Waals surface area (Å²) in [7, 11) is 1.88. The third-order valence-corrected chi connectivity index (χ3v) is 5.64. The van der Waals surface area contributed by atoms with Crippen molar-refractivity contribution in [3.63, 3.8) is 0 Å². The molecular weight excluding hydrogens is 475 g/mol. The molecular formula is C22H20ClFN10O.